The number of benzene rings is 1. The highest BCUT2D eigenvalue weighted by atomic mass is 32.2. The Morgan fingerprint density at radius 3 is 2.72 bits per heavy atom. The number of likely N-dealkylation sites (tertiary alicyclic amines) is 1. The fourth-order valence-corrected chi connectivity index (χ4v) is 6.54. The molecule has 4 heterocycles. The summed E-state index contributed by atoms with van der Waals surface area (Å²) in [6.45, 7) is 3.81. The van der Waals surface area contributed by atoms with E-state index < -0.39 is 27.8 Å². The maximum absolute atomic E-state index is 13.6. The van der Waals surface area contributed by atoms with Gasteiger partial charge < -0.3 is 19.5 Å². The molecule has 0 bridgehead atoms. The summed E-state index contributed by atoms with van der Waals surface area (Å²) in [5.74, 6) is -1.75. The van der Waals surface area contributed by atoms with Gasteiger partial charge in [-0.3, -0.25) is 9.59 Å². The van der Waals surface area contributed by atoms with Gasteiger partial charge in [0.05, 0.1) is 6.61 Å². The molecule has 5 rings (SSSR count). The Morgan fingerprint density at radius 2 is 2.03 bits per heavy atom. The molecule has 0 spiro atoms. The van der Waals surface area contributed by atoms with Crippen LogP contribution in [-0.4, -0.2) is 65.6 Å². The number of rotatable bonds is 3. The van der Waals surface area contributed by atoms with E-state index in [0.29, 0.717) is 16.3 Å². The SMILES string of the molecule is Cc1nnc(C(=O)N2C[C@H]3COc4c(cn(C)c4C(=O)Nc4ccc(F)c(C)c4)S(=O)(=O)N[C@H]3C2)s1. The maximum Gasteiger partial charge on any atom is 0.284 e. The molecule has 1 fully saturated rings. The normalized spacial score (nSPS) is 20.6. The molecule has 2 amide bonds. The van der Waals surface area contributed by atoms with Gasteiger partial charge in [-0.2, -0.15) is 0 Å². The van der Waals surface area contributed by atoms with Crippen molar-refractivity contribution in [3.8, 4) is 5.75 Å². The summed E-state index contributed by atoms with van der Waals surface area (Å²) in [5.41, 5.74) is 0.719. The zero-order valence-corrected chi connectivity index (χ0v) is 21.2. The van der Waals surface area contributed by atoms with Crippen molar-refractivity contribution in [1.29, 1.82) is 0 Å². The van der Waals surface area contributed by atoms with Gasteiger partial charge in [0.25, 0.3) is 11.8 Å². The molecule has 0 radical (unpaired) electrons. The first-order valence-electron chi connectivity index (χ1n) is 11.0. The molecule has 36 heavy (non-hydrogen) atoms. The van der Waals surface area contributed by atoms with Crippen LogP contribution in [0.5, 0.6) is 5.75 Å². The van der Waals surface area contributed by atoms with E-state index >= 15 is 0 Å². The van der Waals surface area contributed by atoms with Crippen LogP contribution in [0.1, 0.15) is 30.9 Å². The lowest BCUT2D eigenvalue weighted by Gasteiger charge is -2.23. The molecule has 2 aliphatic heterocycles. The Balaban J connectivity index is 1.41. The lowest BCUT2D eigenvalue weighted by Crippen LogP contribution is -2.43. The molecule has 2 aliphatic rings. The topological polar surface area (TPSA) is 136 Å². The molecule has 0 aliphatic carbocycles. The maximum atomic E-state index is 13.6. The molecule has 3 aromatic rings. The minimum absolute atomic E-state index is 0.00562. The Hall–Kier alpha value is -3.36. The number of anilines is 1. The lowest BCUT2D eigenvalue weighted by molar-refractivity contribution is 0.0781. The van der Waals surface area contributed by atoms with Crippen molar-refractivity contribution in [1.82, 2.24) is 24.4 Å². The molecule has 11 nitrogen and oxygen atoms in total. The molecule has 2 N–H and O–H groups in total. The Bertz CT molecular complexity index is 1480. The number of nitrogens with zero attached hydrogens (tertiary/aromatic N) is 4. The number of amides is 2. The molecule has 14 heteroatoms. The van der Waals surface area contributed by atoms with E-state index in [1.54, 1.807) is 20.9 Å². The largest absolute Gasteiger partial charge is 0.489 e. The molecule has 0 saturated carbocycles. The van der Waals surface area contributed by atoms with Crippen LogP contribution in [0.4, 0.5) is 10.1 Å². The Labute approximate surface area is 210 Å². The van der Waals surface area contributed by atoms with Crippen molar-refractivity contribution in [3.63, 3.8) is 0 Å². The smallest absolute Gasteiger partial charge is 0.284 e. The summed E-state index contributed by atoms with van der Waals surface area (Å²) in [7, 11) is -2.53. The van der Waals surface area contributed by atoms with Crippen molar-refractivity contribution in [2.45, 2.75) is 24.8 Å². The van der Waals surface area contributed by atoms with Crippen molar-refractivity contribution >= 4 is 38.9 Å². The first kappa shape index (κ1) is 24.3. The average Bonchev–Trinajstić information content (AvgIpc) is 3.50. The van der Waals surface area contributed by atoms with Crippen molar-refractivity contribution < 1.29 is 27.1 Å². The van der Waals surface area contributed by atoms with Crippen LogP contribution in [0.2, 0.25) is 0 Å². The number of aromatic nitrogens is 3. The van der Waals surface area contributed by atoms with Crippen LogP contribution in [0, 0.1) is 25.6 Å². The van der Waals surface area contributed by atoms with E-state index in [0.717, 1.165) is 0 Å². The second kappa shape index (κ2) is 8.94. The first-order valence-corrected chi connectivity index (χ1v) is 13.3. The summed E-state index contributed by atoms with van der Waals surface area (Å²) in [4.78, 5) is 27.3. The summed E-state index contributed by atoms with van der Waals surface area (Å²) in [6.07, 6.45) is 1.31. The third-order valence-electron chi connectivity index (χ3n) is 6.21. The summed E-state index contributed by atoms with van der Waals surface area (Å²) in [5, 5.41) is 11.3. The fourth-order valence-electron chi connectivity index (χ4n) is 4.39. The van der Waals surface area contributed by atoms with Crippen molar-refractivity contribution in [2.75, 3.05) is 25.0 Å². The minimum Gasteiger partial charge on any atom is -0.489 e. The number of hydrogen-bond acceptors (Lipinski definition) is 8. The van der Waals surface area contributed by atoms with Crippen LogP contribution >= 0.6 is 11.3 Å². The predicted octanol–water partition coefficient (Wildman–Crippen LogP) is 1.70. The molecule has 0 unspecified atom stereocenters. The van der Waals surface area contributed by atoms with E-state index in [1.165, 1.54) is 45.2 Å². The number of hydrogen-bond donors (Lipinski definition) is 2. The van der Waals surface area contributed by atoms with Crippen LogP contribution < -0.4 is 14.8 Å². The molecular formula is C22H23FN6O5S2. The average molecular weight is 535 g/mol. The predicted molar refractivity (Wildman–Crippen MR) is 128 cm³/mol. The number of halogens is 1. The number of carbonyl (C=O) groups excluding carboxylic acids is 2. The van der Waals surface area contributed by atoms with Crippen LogP contribution in [0.3, 0.4) is 0 Å². The number of aryl methyl sites for hydroxylation is 3. The number of nitrogens with one attached hydrogen (secondary N) is 2. The molecule has 1 aromatic carbocycles. The van der Waals surface area contributed by atoms with E-state index in [4.69, 9.17) is 4.74 Å². The van der Waals surface area contributed by atoms with Gasteiger partial charge in [-0.05, 0) is 37.6 Å². The number of ether oxygens (including phenoxy) is 1. The van der Waals surface area contributed by atoms with Gasteiger partial charge in [-0.1, -0.05) is 11.3 Å². The summed E-state index contributed by atoms with van der Waals surface area (Å²) in [6, 6.07) is 3.57. The van der Waals surface area contributed by atoms with Crippen molar-refractivity contribution in [2.24, 2.45) is 13.0 Å². The highest BCUT2D eigenvalue weighted by molar-refractivity contribution is 7.89. The molecule has 1 saturated heterocycles. The third-order valence-corrected chi connectivity index (χ3v) is 8.52. The highest BCUT2D eigenvalue weighted by Crippen LogP contribution is 2.35. The second-order valence-corrected chi connectivity index (χ2v) is 11.7. The van der Waals surface area contributed by atoms with Crippen LogP contribution in [0.25, 0.3) is 0 Å². The highest BCUT2D eigenvalue weighted by Gasteiger charge is 2.43. The standard InChI is InChI=1S/C22H23FN6O5S2/c1-11-6-14(4-5-15(11)23)24-20(30)18-19-17(9-28(18)3)36(32,33)27-16-8-29(7-13(16)10-34-19)22(31)21-26-25-12(2)35-21/h4-6,9,13,16,27H,7-8,10H2,1-3H3,(H,24,30)/t13-,16-/m0/s1. The molecule has 2 atom stereocenters. The number of fused-ring (bicyclic) bond motifs is 2. The van der Waals surface area contributed by atoms with E-state index in [-0.39, 0.29) is 52.9 Å². The van der Waals surface area contributed by atoms with Gasteiger partial charge in [0.1, 0.15) is 15.7 Å². The minimum atomic E-state index is -4.07. The fraction of sp³-hybridized carbons (Fsp3) is 0.364. The summed E-state index contributed by atoms with van der Waals surface area (Å²) >= 11 is 1.17. The quantitative estimate of drug-likeness (QED) is 0.522. The van der Waals surface area contributed by atoms with Crippen LogP contribution in [0.15, 0.2) is 29.3 Å². The zero-order chi connectivity index (χ0) is 25.8. The Kier molecular flexibility index (Phi) is 6.04. The molecule has 2 aromatic heterocycles. The van der Waals surface area contributed by atoms with Gasteiger partial charge >= 0.3 is 0 Å². The first-order chi connectivity index (χ1) is 17.0. The Morgan fingerprint density at radius 1 is 1.25 bits per heavy atom. The van der Waals surface area contributed by atoms with Crippen LogP contribution in [-0.2, 0) is 17.1 Å². The monoisotopic (exact) mass is 534 g/mol. The molecular weight excluding hydrogens is 511 g/mol. The van der Waals surface area contributed by atoms with Gasteiger partial charge in [0.2, 0.25) is 15.0 Å². The summed E-state index contributed by atoms with van der Waals surface area (Å²) < 4.78 is 50.1. The van der Waals surface area contributed by atoms with Gasteiger partial charge in [-0.25, -0.2) is 17.5 Å². The second-order valence-electron chi connectivity index (χ2n) is 8.84. The third kappa shape index (κ3) is 4.35. The van der Waals surface area contributed by atoms with Gasteiger partial charge in [-0.15, -0.1) is 10.2 Å². The van der Waals surface area contributed by atoms with Gasteiger partial charge in [0, 0.05) is 44.0 Å². The molecule has 190 valence electrons. The van der Waals surface area contributed by atoms with E-state index in [2.05, 4.69) is 20.2 Å². The van der Waals surface area contributed by atoms with Crippen molar-refractivity contribution in [3.05, 3.63) is 51.5 Å². The van der Waals surface area contributed by atoms with E-state index in [9.17, 15) is 22.4 Å². The lowest BCUT2D eigenvalue weighted by atomic mass is 10.1. The van der Waals surface area contributed by atoms with Gasteiger partial charge in [0.15, 0.2) is 11.4 Å². The zero-order valence-electron chi connectivity index (χ0n) is 19.6. The number of carbonyl (C=O) groups is 2. The number of sulfonamides is 1. The van der Waals surface area contributed by atoms with E-state index in [1.807, 2.05) is 0 Å².